The van der Waals surface area contributed by atoms with E-state index in [2.05, 4.69) is 5.32 Å². The lowest BCUT2D eigenvalue weighted by Crippen LogP contribution is -2.64. The van der Waals surface area contributed by atoms with Crippen molar-refractivity contribution in [1.29, 1.82) is 5.26 Å². The minimum Gasteiger partial charge on any atom is -0.465 e. The molecule has 1 aliphatic rings. The topological polar surface area (TPSA) is 109 Å². The van der Waals surface area contributed by atoms with Gasteiger partial charge in [0.15, 0.2) is 11.0 Å². The number of hydrogen-bond donors (Lipinski definition) is 1. The van der Waals surface area contributed by atoms with Gasteiger partial charge in [0.05, 0.1) is 24.9 Å². The molecule has 0 aliphatic carbocycles. The Kier molecular flexibility index (Phi) is 6.69. The molecule has 0 saturated carbocycles. The van der Waals surface area contributed by atoms with E-state index in [4.69, 9.17) is 9.47 Å². The van der Waals surface area contributed by atoms with Gasteiger partial charge in [-0.15, -0.1) is 0 Å². The van der Waals surface area contributed by atoms with E-state index >= 15 is 0 Å². The summed E-state index contributed by atoms with van der Waals surface area (Å²) in [5.41, 5.74) is -3.38. The zero-order chi connectivity index (χ0) is 25.1. The fourth-order valence-corrected chi connectivity index (χ4v) is 4.12. The van der Waals surface area contributed by atoms with Crippen LogP contribution in [0.5, 0.6) is 0 Å². The molecule has 0 radical (unpaired) electrons. The number of para-hydroxylation sites is 1. The Morgan fingerprint density at radius 3 is 2.26 bits per heavy atom. The minimum atomic E-state index is -2.08. The van der Waals surface area contributed by atoms with Crippen LogP contribution in [0.25, 0.3) is 0 Å². The van der Waals surface area contributed by atoms with E-state index in [9.17, 15) is 19.6 Å². The monoisotopic (exact) mass is 463 g/mol. The van der Waals surface area contributed by atoms with Gasteiger partial charge in [-0.3, -0.25) is 9.59 Å². The summed E-state index contributed by atoms with van der Waals surface area (Å²) in [4.78, 5) is 41.9. The van der Waals surface area contributed by atoms with Gasteiger partial charge in [-0.05, 0) is 46.2 Å². The van der Waals surface area contributed by atoms with Crippen molar-refractivity contribution >= 4 is 23.7 Å². The fourth-order valence-electron chi connectivity index (χ4n) is 4.12. The Hall–Kier alpha value is -3.86. The molecule has 2 atom stereocenters. The number of hydrogen-bond acceptors (Lipinski definition) is 6. The maximum absolute atomic E-state index is 14.2. The molecule has 0 bridgehead atoms. The van der Waals surface area contributed by atoms with Gasteiger partial charge < -0.3 is 19.7 Å². The van der Waals surface area contributed by atoms with Crippen molar-refractivity contribution in [2.24, 2.45) is 5.41 Å². The number of nitriles is 1. The molecule has 2 aromatic rings. The number of benzene rings is 2. The molecule has 0 saturated heterocycles. The number of anilines is 1. The van der Waals surface area contributed by atoms with Crippen molar-refractivity contribution in [3.63, 3.8) is 0 Å². The van der Waals surface area contributed by atoms with E-state index in [-0.39, 0.29) is 13.2 Å². The van der Waals surface area contributed by atoms with Gasteiger partial charge in [-0.25, -0.2) is 4.79 Å². The lowest BCUT2D eigenvalue weighted by Gasteiger charge is -2.39. The predicted molar refractivity (Wildman–Crippen MR) is 125 cm³/mol. The van der Waals surface area contributed by atoms with Crippen LogP contribution in [0.4, 0.5) is 10.5 Å². The van der Waals surface area contributed by atoms with Gasteiger partial charge in [-0.1, -0.05) is 48.5 Å². The molecule has 8 heteroatoms. The number of nitrogens with one attached hydrogen (secondary N) is 1. The van der Waals surface area contributed by atoms with Crippen LogP contribution in [0.15, 0.2) is 54.6 Å². The Morgan fingerprint density at radius 1 is 1.06 bits per heavy atom. The number of fused-ring (bicyclic) bond motifs is 1. The first kappa shape index (κ1) is 24.8. The van der Waals surface area contributed by atoms with E-state index in [1.807, 2.05) is 36.4 Å². The Labute approximate surface area is 199 Å². The number of carbonyl (C=O) groups excluding carboxylic acids is 3. The van der Waals surface area contributed by atoms with Crippen LogP contribution >= 0.6 is 0 Å². The molecule has 1 aliphatic heterocycles. The third-order valence-corrected chi connectivity index (χ3v) is 5.69. The van der Waals surface area contributed by atoms with Gasteiger partial charge in [0.2, 0.25) is 0 Å². The third-order valence-electron chi connectivity index (χ3n) is 5.69. The molecule has 0 fully saturated rings. The van der Waals surface area contributed by atoms with Crippen molar-refractivity contribution in [3.8, 4) is 6.07 Å². The van der Waals surface area contributed by atoms with E-state index in [1.165, 1.54) is 11.8 Å². The second-order valence-corrected chi connectivity index (χ2v) is 9.23. The number of alkyl carbamates (subject to hydrolysis) is 1. The van der Waals surface area contributed by atoms with Gasteiger partial charge in [-0.2, -0.15) is 5.26 Å². The summed E-state index contributed by atoms with van der Waals surface area (Å²) in [6.45, 7) is 8.14. The Balaban J connectivity index is 2.23. The Bertz CT molecular complexity index is 1140. The van der Waals surface area contributed by atoms with Gasteiger partial charge >= 0.3 is 12.1 Å². The second kappa shape index (κ2) is 9.18. The highest BCUT2D eigenvalue weighted by Crippen LogP contribution is 2.51. The average molecular weight is 464 g/mol. The summed E-state index contributed by atoms with van der Waals surface area (Å²) in [5.74, 6) is -1.54. The van der Waals surface area contributed by atoms with Gasteiger partial charge in [0, 0.05) is 5.56 Å². The average Bonchev–Trinajstić information content (AvgIpc) is 3.02. The fraction of sp³-hybridized carbons (Fsp3) is 0.385. The van der Waals surface area contributed by atoms with Crippen LogP contribution in [0.1, 0.15) is 45.7 Å². The van der Waals surface area contributed by atoms with Crippen molar-refractivity contribution in [1.82, 2.24) is 5.32 Å². The maximum Gasteiger partial charge on any atom is 0.408 e. The highest BCUT2D eigenvalue weighted by Gasteiger charge is 2.67. The van der Waals surface area contributed by atoms with E-state index in [0.717, 1.165) is 5.56 Å². The first-order valence-electron chi connectivity index (χ1n) is 11.0. The molecule has 1 N–H and O–H groups in total. The predicted octanol–water partition coefficient (Wildman–Crippen LogP) is 4.05. The molecule has 1 heterocycles. The smallest absolute Gasteiger partial charge is 0.408 e. The zero-order valence-electron chi connectivity index (χ0n) is 20.0. The van der Waals surface area contributed by atoms with Crippen LogP contribution in [-0.4, -0.2) is 30.2 Å². The number of nitrogens with zero attached hydrogens (tertiary/aromatic N) is 2. The summed E-state index contributed by atoms with van der Waals surface area (Å²) in [6.07, 6.45) is -0.928. The molecule has 2 amide bonds. The first-order valence-corrected chi connectivity index (χ1v) is 11.0. The lowest BCUT2D eigenvalue weighted by atomic mass is 9.68. The Morgan fingerprint density at radius 2 is 1.68 bits per heavy atom. The molecule has 0 aromatic heterocycles. The largest absolute Gasteiger partial charge is 0.465 e. The maximum atomic E-state index is 14.2. The summed E-state index contributed by atoms with van der Waals surface area (Å²) in [5, 5.41) is 12.9. The molecule has 2 unspecified atom stereocenters. The third kappa shape index (κ3) is 4.21. The second-order valence-electron chi connectivity index (χ2n) is 9.23. The normalized spacial score (nSPS) is 18.9. The van der Waals surface area contributed by atoms with Crippen LogP contribution < -0.4 is 10.2 Å². The SMILES string of the molecule is CCOC(=O)C(C)(C#N)C1(NC(=O)OC(C)(C)C)C(=O)N(Cc2ccccc2)c2ccccc21. The van der Waals surface area contributed by atoms with Crippen LogP contribution in [0.2, 0.25) is 0 Å². The van der Waals surface area contributed by atoms with Crippen molar-refractivity contribution in [3.05, 3.63) is 65.7 Å². The van der Waals surface area contributed by atoms with E-state index in [1.54, 1.807) is 52.0 Å². The van der Waals surface area contributed by atoms with Crippen LogP contribution in [0, 0.1) is 16.7 Å². The van der Waals surface area contributed by atoms with Crippen molar-refractivity contribution in [2.75, 3.05) is 11.5 Å². The first-order chi connectivity index (χ1) is 16.0. The molecule has 0 spiro atoms. The summed E-state index contributed by atoms with van der Waals surface area (Å²) < 4.78 is 10.6. The molecular weight excluding hydrogens is 434 g/mol. The van der Waals surface area contributed by atoms with Crippen molar-refractivity contribution < 1.29 is 23.9 Å². The number of esters is 1. The number of carbonyl (C=O) groups is 3. The molecule has 34 heavy (non-hydrogen) atoms. The lowest BCUT2D eigenvalue weighted by molar-refractivity contribution is -0.158. The highest BCUT2D eigenvalue weighted by atomic mass is 16.6. The molecule has 3 rings (SSSR count). The summed E-state index contributed by atoms with van der Waals surface area (Å²) in [7, 11) is 0. The standard InChI is InChI=1S/C26H29N3O5/c1-6-33-22(31)25(5,17-27)26(28-23(32)34-24(2,3)4)19-14-10-11-15-20(19)29(21(26)30)16-18-12-8-7-9-13-18/h7-15H,6,16H2,1-5H3,(H,28,32). The molecular formula is C26H29N3O5. The summed E-state index contributed by atoms with van der Waals surface area (Å²) >= 11 is 0. The number of rotatable bonds is 6. The van der Waals surface area contributed by atoms with Crippen molar-refractivity contribution in [2.45, 2.75) is 52.3 Å². The minimum absolute atomic E-state index is 0.00217. The van der Waals surface area contributed by atoms with Gasteiger partial charge in [0.25, 0.3) is 5.91 Å². The van der Waals surface area contributed by atoms with Crippen LogP contribution in [-0.2, 0) is 31.1 Å². The van der Waals surface area contributed by atoms with E-state index < -0.39 is 34.5 Å². The summed E-state index contributed by atoms with van der Waals surface area (Å²) in [6, 6.07) is 18.1. The quantitative estimate of drug-likeness (QED) is 0.648. The molecule has 178 valence electrons. The highest BCUT2D eigenvalue weighted by molar-refractivity contribution is 6.12. The van der Waals surface area contributed by atoms with E-state index in [0.29, 0.717) is 11.3 Å². The van der Waals surface area contributed by atoms with Crippen LogP contribution in [0.3, 0.4) is 0 Å². The zero-order valence-corrected chi connectivity index (χ0v) is 20.0. The molecule has 8 nitrogen and oxygen atoms in total. The number of ether oxygens (including phenoxy) is 2. The molecule has 2 aromatic carbocycles. The van der Waals surface area contributed by atoms with Gasteiger partial charge in [0.1, 0.15) is 5.60 Å². The number of amides is 2.